The molecular weight excluding hydrogens is 264 g/mol. The van der Waals surface area contributed by atoms with E-state index in [1.54, 1.807) is 0 Å². The molecule has 21 heavy (non-hydrogen) atoms. The highest BCUT2D eigenvalue weighted by molar-refractivity contribution is 5.91. The maximum absolute atomic E-state index is 11.8. The first-order valence-electron chi connectivity index (χ1n) is 6.89. The predicted octanol–water partition coefficient (Wildman–Crippen LogP) is 3.03. The van der Waals surface area contributed by atoms with E-state index in [4.69, 9.17) is 10.5 Å². The predicted molar refractivity (Wildman–Crippen MR) is 84.3 cm³/mol. The van der Waals surface area contributed by atoms with Gasteiger partial charge in [0.25, 0.3) is 5.91 Å². The molecule has 0 saturated heterocycles. The summed E-state index contributed by atoms with van der Waals surface area (Å²) in [6.07, 6.45) is 0. The zero-order chi connectivity index (χ0) is 15.2. The molecule has 2 rings (SSSR count). The number of hydrogen-bond acceptors (Lipinski definition) is 3. The van der Waals surface area contributed by atoms with Crippen molar-refractivity contribution < 1.29 is 9.53 Å². The number of hydrogen-bond donors (Lipinski definition) is 2. The SMILES string of the molecule is Cc1cccc(NC(=O)COc2ccc([C@H](C)N)cc2)c1. The molecule has 4 nitrogen and oxygen atoms in total. The molecule has 0 spiro atoms. The van der Waals surface area contributed by atoms with Crippen molar-refractivity contribution in [2.24, 2.45) is 5.73 Å². The first-order chi connectivity index (χ1) is 10.0. The third-order valence-electron chi connectivity index (χ3n) is 3.08. The van der Waals surface area contributed by atoms with Crippen LogP contribution in [0.2, 0.25) is 0 Å². The maximum Gasteiger partial charge on any atom is 0.262 e. The topological polar surface area (TPSA) is 64.3 Å². The second kappa shape index (κ2) is 6.90. The van der Waals surface area contributed by atoms with Gasteiger partial charge in [0, 0.05) is 11.7 Å². The minimum atomic E-state index is -0.183. The van der Waals surface area contributed by atoms with Gasteiger partial charge in [-0.1, -0.05) is 24.3 Å². The number of nitrogens with one attached hydrogen (secondary N) is 1. The van der Waals surface area contributed by atoms with Crippen LogP contribution in [-0.4, -0.2) is 12.5 Å². The molecular formula is C17H20N2O2. The van der Waals surface area contributed by atoms with Crippen LogP contribution < -0.4 is 15.8 Å². The summed E-state index contributed by atoms with van der Waals surface area (Å²) in [5.74, 6) is 0.468. The molecule has 110 valence electrons. The number of carbonyl (C=O) groups excluding carboxylic acids is 1. The van der Waals surface area contributed by atoms with Crippen LogP contribution in [0.15, 0.2) is 48.5 Å². The lowest BCUT2D eigenvalue weighted by Gasteiger charge is -2.09. The second-order valence-corrected chi connectivity index (χ2v) is 5.06. The summed E-state index contributed by atoms with van der Waals surface area (Å²) in [5.41, 5.74) is 8.68. The van der Waals surface area contributed by atoms with Gasteiger partial charge in [-0.2, -0.15) is 0 Å². The fourth-order valence-electron chi connectivity index (χ4n) is 1.94. The molecule has 0 fully saturated rings. The Hall–Kier alpha value is -2.33. The Morgan fingerprint density at radius 2 is 1.95 bits per heavy atom. The van der Waals surface area contributed by atoms with Gasteiger partial charge >= 0.3 is 0 Å². The van der Waals surface area contributed by atoms with Crippen molar-refractivity contribution in [2.45, 2.75) is 19.9 Å². The van der Waals surface area contributed by atoms with Crippen LogP contribution >= 0.6 is 0 Å². The van der Waals surface area contributed by atoms with E-state index < -0.39 is 0 Å². The number of aryl methyl sites for hydroxylation is 1. The van der Waals surface area contributed by atoms with Gasteiger partial charge in [0.1, 0.15) is 5.75 Å². The number of rotatable bonds is 5. The molecule has 1 atom stereocenters. The number of ether oxygens (including phenoxy) is 1. The summed E-state index contributed by atoms with van der Waals surface area (Å²) < 4.78 is 5.45. The highest BCUT2D eigenvalue weighted by atomic mass is 16.5. The van der Waals surface area contributed by atoms with E-state index in [1.165, 1.54) is 0 Å². The van der Waals surface area contributed by atoms with Gasteiger partial charge in [0.15, 0.2) is 6.61 Å². The molecule has 0 heterocycles. The molecule has 4 heteroatoms. The third kappa shape index (κ3) is 4.61. The lowest BCUT2D eigenvalue weighted by molar-refractivity contribution is -0.118. The highest BCUT2D eigenvalue weighted by Crippen LogP contribution is 2.16. The number of amides is 1. The Labute approximate surface area is 124 Å². The fraction of sp³-hybridized carbons (Fsp3) is 0.235. The fourth-order valence-corrected chi connectivity index (χ4v) is 1.94. The minimum absolute atomic E-state index is 0.0105. The van der Waals surface area contributed by atoms with E-state index in [0.717, 1.165) is 16.8 Å². The van der Waals surface area contributed by atoms with E-state index in [9.17, 15) is 4.79 Å². The summed E-state index contributed by atoms with van der Waals surface area (Å²) in [6.45, 7) is 3.88. The lowest BCUT2D eigenvalue weighted by Crippen LogP contribution is -2.20. The second-order valence-electron chi connectivity index (χ2n) is 5.06. The summed E-state index contributed by atoms with van der Waals surface area (Å²) >= 11 is 0. The Kier molecular flexibility index (Phi) is 4.95. The summed E-state index contributed by atoms with van der Waals surface area (Å²) in [5, 5.41) is 2.80. The Balaban J connectivity index is 1.86. The van der Waals surface area contributed by atoms with Gasteiger partial charge in [-0.05, 0) is 49.2 Å². The molecule has 0 radical (unpaired) electrons. The van der Waals surface area contributed by atoms with Gasteiger partial charge in [-0.3, -0.25) is 4.79 Å². The number of nitrogens with two attached hydrogens (primary N) is 1. The maximum atomic E-state index is 11.8. The molecule has 2 aromatic rings. The normalized spacial score (nSPS) is 11.8. The van der Waals surface area contributed by atoms with Crippen LogP contribution in [0.5, 0.6) is 5.75 Å². The van der Waals surface area contributed by atoms with Crippen LogP contribution in [0, 0.1) is 6.92 Å². The van der Waals surface area contributed by atoms with E-state index in [-0.39, 0.29) is 18.6 Å². The average molecular weight is 284 g/mol. The van der Waals surface area contributed by atoms with Crippen molar-refractivity contribution in [3.63, 3.8) is 0 Å². The number of benzene rings is 2. The first kappa shape index (κ1) is 15.1. The quantitative estimate of drug-likeness (QED) is 0.887. The molecule has 0 unspecified atom stereocenters. The molecule has 0 aliphatic heterocycles. The standard InChI is InChI=1S/C17H20N2O2/c1-12-4-3-5-15(10-12)19-17(20)11-21-16-8-6-14(7-9-16)13(2)18/h3-10,13H,11,18H2,1-2H3,(H,19,20)/t13-/m0/s1. The van der Waals surface area contributed by atoms with Crippen molar-refractivity contribution >= 4 is 11.6 Å². The van der Waals surface area contributed by atoms with Crippen LogP contribution in [0.1, 0.15) is 24.1 Å². The van der Waals surface area contributed by atoms with Crippen molar-refractivity contribution in [1.82, 2.24) is 0 Å². The Bertz CT molecular complexity index is 606. The minimum Gasteiger partial charge on any atom is -0.484 e. The van der Waals surface area contributed by atoms with E-state index in [2.05, 4.69) is 5.32 Å². The van der Waals surface area contributed by atoms with Crippen molar-refractivity contribution in [3.05, 3.63) is 59.7 Å². The summed E-state index contributed by atoms with van der Waals surface area (Å²) in [6, 6.07) is 15.1. The van der Waals surface area contributed by atoms with Crippen molar-refractivity contribution in [2.75, 3.05) is 11.9 Å². The molecule has 0 aliphatic carbocycles. The largest absolute Gasteiger partial charge is 0.484 e. The van der Waals surface area contributed by atoms with Crippen LogP contribution in [-0.2, 0) is 4.79 Å². The molecule has 0 aliphatic rings. The number of carbonyl (C=O) groups is 1. The molecule has 2 aromatic carbocycles. The van der Waals surface area contributed by atoms with E-state index >= 15 is 0 Å². The molecule has 0 bridgehead atoms. The molecule has 0 saturated carbocycles. The average Bonchev–Trinajstić information content (AvgIpc) is 2.45. The zero-order valence-electron chi connectivity index (χ0n) is 12.3. The molecule has 1 amide bonds. The van der Waals surface area contributed by atoms with Crippen molar-refractivity contribution in [1.29, 1.82) is 0 Å². The van der Waals surface area contributed by atoms with Crippen molar-refractivity contribution in [3.8, 4) is 5.75 Å². The van der Waals surface area contributed by atoms with Gasteiger partial charge in [-0.25, -0.2) is 0 Å². The summed E-state index contributed by atoms with van der Waals surface area (Å²) in [7, 11) is 0. The molecule has 3 N–H and O–H groups in total. The zero-order valence-corrected chi connectivity index (χ0v) is 12.3. The number of anilines is 1. The summed E-state index contributed by atoms with van der Waals surface area (Å²) in [4.78, 5) is 11.8. The smallest absolute Gasteiger partial charge is 0.262 e. The monoisotopic (exact) mass is 284 g/mol. The van der Waals surface area contributed by atoms with Gasteiger partial charge in [0.2, 0.25) is 0 Å². The third-order valence-corrected chi connectivity index (χ3v) is 3.08. The Morgan fingerprint density at radius 1 is 1.24 bits per heavy atom. The van der Waals surface area contributed by atoms with Gasteiger partial charge < -0.3 is 15.8 Å². The van der Waals surface area contributed by atoms with Crippen LogP contribution in [0.3, 0.4) is 0 Å². The first-order valence-corrected chi connectivity index (χ1v) is 6.89. The highest BCUT2D eigenvalue weighted by Gasteiger charge is 2.05. The lowest BCUT2D eigenvalue weighted by atomic mass is 10.1. The van der Waals surface area contributed by atoms with E-state index in [1.807, 2.05) is 62.4 Å². The Morgan fingerprint density at radius 3 is 2.57 bits per heavy atom. The van der Waals surface area contributed by atoms with E-state index in [0.29, 0.717) is 5.75 Å². The van der Waals surface area contributed by atoms with Crippen LogP contribution in [0.25, 0.3) is 0 Å². The van der Waals surface area contributed by atoms with Crippen LogP contribution in [0.4, 0.5) is 5.69 Å². The van der Waals surface area contributed by atoms with Gasteiger partial charge in [0.05, 0.1) is 0 Å². The van der Waals surface area contributed by atoms with Gasteiger partial charge in [-0.15, -0.1) is 0 Å². The molecule has 0 aromatic heterocycles.